The summed E-state index contributed by atoms with van der Waals surface area (Å²) in [7, 11) is 0. The Morgan fingerprint density at radius 2 is 2.04 bits per heavy atom. The molecule has 8 nitrogen and oxygen atoms in total. The third-order valence-electron chi connectivity index (χ3n) is 4.76. The third kappa shape index (κ3) is 4.07. The zero-order chi connectivity index (χ0) is 17.8. The van der Waals surface area contributed by atoms with Crippen LogP contribution < -0.4 is 0 Å². The molecule has 0 radical (unpaired) electrons. The van der Waals surface area contributed by atoms with Crippen LogP contribution in [0.3, 0.4) is 0 Å². The number of nitrogens with zero attached hydrogens (tertiary/aromatic N) is 7. The van der Waals surface area contributed by atoms with Gasteiger partial charge in [0.05, 0.1) is 6.54 Å². The fourth-order valence-electron chi connectivity index (χ4n) is 3.28. The standard InChI is InChI=1S/C17H27N7O/c1-14(2)23-8-5-19-16(23)11-21-6-4-7-22(10-9-21)17(25)15(3)24-13-18-12-20-24/h5,8,12-15H,4,6-7,9-11H2,1-3H3/t15-/m1/s1. The number of carbonyl (C=O) groups is 1. The number of hydrogen-bond acceptors (Lipinski definition) is 5. The lowest BCUT2D eigenvalue weighted by Crippen LogP contribution is -2.39. The maximum absolute atomic E-state index is 12.7. The molecule has 3 rings (SSSR count). The van der Waals surface area contributed by atoms with Gasteiger partial charge in [-0.25, -0.2) is 14.6 Å². The second-order valence-electron chi connectivity index (χ2n) is 6.85. The normalized spacial score (nSPS) is 17.7. The number of aromatic nitrogens is 5. The lowest BCUT2D eigenvalue weighted by Gasteiger charge is -2.25. The summed E-state index contributed by atoms with van der Waals surface area (Å²) in [6.45, 7) is 10.4. The Morgan fingerprint density at radius 3 is 2.76 bits per heavy atom. The quantitative estimate of drug-likeness (QED) is 0.818. The molecule has 2 aromatic heterocycles. The van der Waals surface area contributed by atoms with Crippen LogP contribution >= 0.6 is 0 Å². The predicted octanol–water partition coefficient (Wildman–Crippen LogP) is 1.35. The summed E-state index contributed by atoms with van der Waals surface area (Å²) in [6.07, 6.45) is 7.93. The van der Waals surface area contributed by atoms with Gasteiger partial charge in [0.2, 0.25) is 5.91 Å². The van der Waals surface area contributed by atoms with E-state index in [0.29, 0.717) is 6.04 Å². The largest absolute Gasteiger partial charge is 0.340 e. The lowest BCUT2D eigenvalue weighted by atomic mass is 10.2. The first-order valence-corrected chi connectivity index (χ1v) is 8.93. The molecule has 0 unspecified atom stereocenters. The van der Waals surface area contributed by atoms with E-state index < -0.39 is 0 Å². The number of rotatable bonds is 5. The van der Waals surface area contributed by atoms with E-state index in [0.717, 1.165) is 45.0 Å². The van der Waals surface area contributed by atoms with Crippen molar-refractivity contribution in [1.29, 1.82) is 0 Å². The Kier molecular flexibility index (Phi) is 5.47. The van der Waals surface area contributed by atoms with Gasteiger partial charge in [0, 0.05) is 44.6 Å². The van der Waals surface area contributed by atoms with E-state index >= 15 is 0 Å². The van der Waals surface area contributed by atoms with Gasteiger partial charge in [-0.3, -0.25) is 9.69 Å². The lowest BCUT2D eigenvalue weighted by molar-refractivity contribution is -0.134. The molecular formula is C17H27N7O. The van der Waals surface area contributed by atoms with Crippen LogP contribution in [0.5, 0.6) is 0 Å². The van der Waals surface area contributed by atoms with Gasteiger partial charge in [-0.2, -0.15) is 5.10 Å². The van der Waals surface area contributed by atoms with Crippen molar-refractivity contribution >= 4 is 5.91 Å². The van der Waals surface area contributed by atoms with Crippen LogP contribution in [-0.4, -0.2) is 66.2 Å². The minimum Gasteiger partial charge on any atom is -0.340 e. The van der Waals surface area contributed by atoms with Crippen molar-refractivity contribution < 1.29 is 4.79 Å². The second-order valence-corrected chi connectivity index (χ2v) is 6.85. The van der Waals surface area contributed by atoms with Gasteiger partial charge in [-0.15, -0.1) is 0 Å². The molecule has 0 N–H and O–H groups in total. The van der Waals surface area contributed by atoms with Crippen molar-refractivity contribution in [2.24, 2.45) is 0 Å². The molecule has 25 heavy (non-hydrogen) atoms. The molecule has 1 fully saturated rings. The van der Waals surface area contributed by atoms with Crippen LogP contribution in [0.15, 0.2) is 25.0 Å². The molecule has 3 heterocycles. The molecule has 1 atom stereocenters. The summed E-state index contributed by atoms with van der Waals surface area (Å²) in [5.41, 5.74) is 0. The summed E-state index contributed by atoms with van der Waals surface area (Å²) < 4.78 is 3.82. The molecule has 0 spiro atoms. The van der Waals surface area contributed by atoms with Crippen molar-refractivity contribution in [2.45, 2.75) is 45.8 Å². The van der Waals surface area contributed by atoms with Crippen molar-refractivity contribution in [1.82, 2.24) is 34.1 Å². The van der Waals surface area contributed by atoms with Crippen LogP contribution in [0.1, 0.15) is 45.1 Å². The highest BCUT2D eigenvalue weighted by atomic mass is 16.2. The predicted molar refractivity (Wildman–Crippen MR) is 93.8 cm³/mol. The first kappa shape index (κ1) is 17.6. The molecule has 0 aliphatic carbocycles. The van der Waals surface area contributed by atoms with E-state index in [2.05, 4.69) is 38.4 Å². The second kappa shape index (κ2) is 7.77. The van der Waals surface area contributed by atoms with Crippen molar-refractivity contribution in [3.05, 3.63) is 30.9 Å². The highest BCUT2D eigenvalue weighted by Gasteiger charge is 2.25. The number of hydrogen-bond donors (Lipinski definition) is 0. The fraction of sp³-hybridized carbons (Fsp3) is 0.647. The molecule has 0 saturated carbocycles. The van der Waals surface area contributed by atoms with Crippen LogP contribution in [0.25, 0.3) is 0 Å². The first-order valence-electron chi connectivity index (χ1n) is 8.93. The molecule has 8 heteroatoms. The van der Waals surface area contributed by atoms with Gasteiger partial charge in [0.15, 0.2) is 0 Å². The Morgan fingerprint density at radius 1 is 1.20 bits per heavy atom. The molecule has 1 aliphatic rings. The van der Waals surface area contributed by atoms with E-state index in [-0.39, 0.29) is 11.9 Å². The molecule has 2 aromatic rings. The van der Waals surface area contributed by atoms with Crippen molar-refractivity contribution in [3.63, 3.8) is 0 Å². The van der Waals surface area contributed by atoms with Crippen molar-refractivity contribution in [2.75, 3.05) is 26.2 Å². The van der Waals surface area contributed by atoms with Gasteiger partial charge >= 0.3 is 0 Å². The van der Waals surface area contributed by atoms with Gasteiger partial charge in [0.25, 0.3) is 0 Å². The summed E-state index contributed by atoms with van der Waals surface area (Å²) in [6, 6.07) is 0.0972. The molecule has 1 amide bonds. The van der Waals surface area contributed by atoms with Crippen LogP contribution in [0, 0.1) is 0 Å². The SMILES string of the molecule is CC(C)n1ccnc1CN1CCCN(C(=O)[C@@H](C)n2cncn2)CC1. The van der Waals surface area contributed by atoms with Gasteiger partial charge in [0.1, 0.15) is 24.5 Å². The number of amides is 1. The molecule has 0 bridgehead atoms. The van der Waals surface area contributed by atoms with Crippen molar-refractivity contribution in [3.8, 4) is 0 Å². The minimum absolute atomic E-state index is 0.107. The van der Waals surface area contributed by atoms with Gasteiger partial charge < -0.3 is 9.47 Å². The smallest absolute Gasteiger partial charge is 0.247 e. The summed E-state index contributed by atoms with van der Waals surface area (Å²) in [5.74, 6) is 1.20. The summed E-state index contributed by atoms with van der Waals surface area (Å²) in [5, 5.41) is 4.08. The molecule has 136 valence electrons. The highest BCUT2D eigenvalue weighted by Crippen LogP contribution is 2.14. The van der Waals surface area contributed by atoms with Crippen LogP contribution in [-0.2, 0) is 11.3 Å². The Bertz CT molecular complexity index is 679. The van der Waals surface area contributed by atoms with Gasteiger partial charge in [-0.05, 0) is 27.2 Å². The Balaban J connectivity index is 1.58. The van der Waals surface area contributed by atoms with Gasteiger partial charge in [-0.1, -0.05) is 0 Å². The van der Waals surface area contributed by atoms with E-state index in [1.54, 1.807) is 11.0 Å². The highest BCUT2D eigenvalue weighted by molar-refractivity contribution is 5.80. The molecule has 1 saturated heterocycles. The fourth-order valence-corrected chi connectivity index (χ4v) is 3.28. The third-order valence-corrected chi connectivity index (χ3v) is 4.76. The Hall–Kier alpha value is -2.22. The average molecular weight is 345 g/mol. The molecule has 1 aliphatic heterocycles. The number of imidazole rings is 1. The number of carbonyl (C=O) groups excluding carboxylic acids is 1. The zero-order valence-corrected chi connectivity index (χ0v) is 15.2. The van der Waals surface area contributed by atoms with E-state index in [1.807, 2.05) is 24.2 Å². The monoisotopic (exact) mass is 345 g/mol. The maximum atomic E-state index is 12.7. The first-order chi connectivity index (χ1) is 12.1. The molecule has 0 aromatic carbocycles. The van der Waals surface area contributed by atoms with E-state index in [1.165, 1.54) is 6.33 Å². The zero-order valence-electron chi connectivity index (χ0n) is 15.2. The van der Waals surface area contributed by atoms with Crippen LogP contribution in [0.4, 0.5) is 0 Å². The maximum Gasteiger partial charge on any atom is 0.247 e. The Labute approximate surface area is 148 Å². The molecular weight excluding hydrogens is 318 g/mol. The van der Waals surface area contributed by atoms with E-state index in [9.17, 15) is 4.79 Å². The average Bonchev–Trinajstić information content (AvgIpc) is 3.23. The minimum atomic E-state index is -0.311. The summed E-state index contributed by atoms with van der Waals surface area (Å²) >= 11 is 0. The topological polar surface area (TPSA) is 72.1 Å². The summed E-state index contributed by atoms with van der Waals surface area (Å²) in [4.78, 5) is 25.5. The van der Waals surface area contributed by atoms with E-state index in [4.69, 9.17) is 0 Å². The van der Waals surface area contributed by atoms with Crippen LogP contribution in [0.2, 0.25) is 0 Å².